The molecule has 0 bridgehead atoms. The Kier molecular flexibility index (Phi) is 27.1. The zero-order valence-corrected chi connectivity index (χ0v) is 19.7. The average Bonchev–Trinajstić information content (AvgIpc) is 2.73. The third-order valence-corrected chi connectivity index (χ3v) is 4.65. The molecule has 0 heterocycles. The smallest absolute Gasteiger partial charge is 0.276 e. The number of Topliss-reactive ketones (excluding diaryl/α,β-unsaturated/α-hetero) is 1. The van der Waals surface area contributed by atoms with E-state index in [1.807, 2.05) is 7.05 Å². The second-order valence-electron chi connectivity index (χ2n) is 7.30. The minimum absolute atomic E-state index is 0. The lowest BCUT2D eigenvalue weighted by molar-refractivity contribution is -0.297. The summed E-state index contributed by atoms with van der Waals surface area (Å²) in [4.78, 5) is 40.2. The Morgan fingerprint density at radius 1 is 0.788 bits per heavy atom. The molecule has 1 aromatic carbocycles. The average molecular weight is 489 g/mol. The number of rotatable bonds is 16. The van der Waals surface area contributed by atoms with Crippen LogP contribution in [0.15, 0.2) is 24.3 Å². The largest absolute Gasteiger partial charge is 0.598 e. The van der Waals surface area contributed by atoms with Crippen molar-refractivity contribution >= 4 is 19.9 Å². The summed E-state index contributed by atoms with van der Waals surface area (Å²) in [5.74, 6) is -0.0533. The first-order chi connectivity index (χ1) is 14.9. The van der Waals surface area contributed by atoms with Gasteiger partial charge in [0.1, 0.15) is 0 Å². The van der Waals surface area contributed by atoms with Crippen molar-refractivity contribution in [2.24, 2.45) is 0 Å². The van der Waals surface area contributed by atoms with Gasteiger partial charge in [0, 0.05) is 19.1 Å². The first-order valence-corrected chi connectivity index (χ1v) is 12.0. The monoisotopic (exact) mass is 488 g/mol. The summed E-state index contributed by atoms with van der Waals surface area (Å²) >= 11 is 0. The molecular weight excluding hydrogens is 441 g/mol. The lowest BCUT2D eigenvalue weighted by atomic mass is 10.1. The number of unbranched alkanes of at least 4 members (excludes halogenated alkanes) is 6. The molecule has 0 unspecified atom stereocenters. The van der Waals surface area contributed by atoms with Crippen molar-refractivity contribution in [2.75, 3.05) is 33.2 Å². The summed E-state index contributed by atoms with van der Waals surface area (Å²) < 4.78 is 8.48. The highest BCUT2D eigenvalue weighted by molar-refractivity contribution is 7.27. The summed E-state index contributed by atoms with van der Waals surface area (Å²) in [5.41, 5.74) is 1.24. The van der Waals surface area contributed by atoms with Crippen molar-refractivity contribution in [3.05, 3.63) is 35.4 Å². The number of hydrogen-bond acceptors (Lipinski definition) is 7. The van der Waals surface area contributed by atoms with Crippen LogP contribution in [0.5, 0.6) is 0 Å². The Labute approximate surface area is 203 Å². The van der Waals surface area contributed by atoms with E-state index in [2.05, 4.69) is 16.0 Å². The molecule has 0 saturated heterocycles. The number of carbonyl (C=O) groups is 2. The van der Waals surface area contributed by atoms with Crippen LogP contribution < -0.4 is 25.7 Å². The van der Waals surface area contributed by atoms with Crippen LogP contribution in [-0.2, 0) is 4.57 Å². The summed E-state index contributed by atoms with van der Waals surface area (Å²) in [5, 5.41) is 9.63. The lowest BCUT2D eigenvalue weighted by Crippen LogP contribution is -2.24. The van der Waals surface area contributed by atoms with Gasteiger partial charge in [0.25, 0.3) is 14.2 Å². The molecule has 0 aliphatic carbocycles. The molecule has 1 amide bonds. The molecule has 1 rings (SSSR count). The van der Waals surface area contributed by atoms with Crippen LogP contribution in [0, 0.1) is 0 Å². The predicted molar refractivity (Wildman–Crippen MR) is 136 cm³/mol. The maximum absolute atomic E-state index is 12.0. The molecule has 0 aromatic heterocycles. The summed E-state index contributed by atoms with van der Waals surface area (Å²) in [6.45, 7) is 5.56. The molecule has 1 aromatic rings. The Bertz CT molecular complexity index is 630. The number of benzene rings is 1. The molecule has 0 radical (unpaired) electrons. The zero-order chi connectivity index (χ0) is 23.3. The third-order valence-electron chi connectivity index (χ3n) is 4.65. The number of amides is 1. The molecule has 0 spiro atoms. The molecule has 0 saturated carbocycles. The van der Waals surface area contributed by atoms with Gasteiger partial charge in [-0.05, 0) is 71.4 Å². The molecule has 194 valence electrons. The van der Waals surface area contributed by atoms with E-state index in [4.69, 9.17) is 14.4 Å². The molecule has 3 N–H and O–H groups in total. The zero-order valence-electron chi connectivity index (χ0n) is 18.8. The normalized spacial score (nSPS) is 9.58. The van der Waals surface area contributed by atoms with Gasteiger partial charge in [0.15, 0.2) is 5.78 Å². The maximum Gasteiger partial charge on any atom is 0.276 e. The van der Waals surface area contributed by atoms with Gasteiger partial charge in [-0.15, -0.1) is 0 Å². The maximum atomic E-state index is 12.0. The molecule has 8 nitrogen and oxygen atoms in total. The Morgan fingerprint density at radius 2 is 1.18 bits per heavy atom. The fourth-order valence-electron chi connectivity index (χ4n) is 2.92. The number of nitrogens with one attached hydrogen (secondary N) is 3. The second kappa shape index (κ2) is 24.9. The van der Waals surface area contributed by atoms with E-state index in [1.165, 1.54) is 45.4 Å². The first-order valence-electron chi connectivity index (χ1n) is 10.9. The number of carbonyl (C=O) groups excluding carboxylic acids is 2. The molecule has 33 heavy (non-hydrogen) atoms. The van der Waals surface area contributed by atoms with Crippen LogP contribution in [0.3, 0.4) is 0 Å². The van der Waals surface area contributed by atoms with Crippen molar-refractivity contribution in [3.8, 4) is 0 Å². The van der Waals surface area contributed by atoms with E-state index in [9.17, 15) is 9.59 Å². The van der Waals surface area contributed by atoms with Crippen molar-refractivity contribution in [2.45, 2.75) is 73.1 Å². The molecule has 9 heteroatoms. The minimum Gasteiger partial charge on any atom is -0.598 e. The van der Waals surface area contributed by atoms with E-state index < -0.39 is 8.25 Å². The third kappa shape index (κ3) is 23.3. The van der Waals surface area contributed by atoms with Crippen LogP contribution in [0.1, 0.15) is 95.3 Å². The SMILES string of the molecule is C.C.CNCCCCCCNCCCCCCNC(=O)c1ccc(C(C)=O)cc1.O=[P+]([O-])[O-].[HH]. The van der Waals surface area contributed by atoms with Crippen LogP contribution in [0.25, 0.3) is 0 Å². The van der Waals surface area contributed by atoms with Crippen molar-refractivity contribution in [1.29, 1.82) is 0 Å². The highest BCUT2D eigenvalue weighted by Crippen LogP contribution is 2.05. The van der Waals surface area contributed by atoms with Gasteiger partial charge in [0.2, 0.25) is 0 Å². The first kappa shape index (κ1) is 35.9. The summed E-state index contributed by atoms with van der Waals surface area (Å²) in [6, 6.07) is 6.82. The summed E-state index contributed by atoms with van der Waals surface area (Å²) in [7, 11) is -1.37. The Hall–Kier alpha value is -1.70. The molecule has 0 aliphatic rings. The van der Waals surface area contributed by atoms with Crippen molar-refractivity contribution < 1.29 is 25.4 Å². The van der Waals surface area contributed by atoms with Crippen molar-refractivity contribution in [1.82, 2.24) is 16.0 Å². The number of hydrogen-bond donors (Lipinski definition) is 3. The topological polar surface area (TPSA) is 133 Å². The minimum atomic E-state index is -3.37. The van der Waals surface area contributed by atoms with E-state index in [0.29, 0.717) is 17.7 Å². The fraction of sp³-hybridized carbons (Fsp3) is 0.667. The lowest BCUT2D eigenvalue weighted by Gasteiger charge is -2.07. The van der Waals surface area contributed by atoms with Gasteiger partial charge >= 0.3 is 0 Å². The molecule has 0 atom stereocenters. The fourth-order valence-corrected chi connectivity index (χ4v) is 2.92. The van der Waals surface area contributed by atoms with Gasteiger partial charge in [-0.2, -0.15) is 0 Å². The standard InChI is InChI=1S/C22H37N3O2.2CH4.HO3P.H2/c1-19(26)20-11-13-21(14-12-20)22(27)25-18-10-6-5-9-17-24-16-8-4-3-7-15-23-2;;;1-4(2)3;/h11-14,23-24H,3-10,15-18H2,1-2H3,(H,25,27);2*1H4;(H,1,2,3);1H/p-1. The van der Waals surface area contributed by atoms with Crippen molar-refractivity contribution in [3.63, 3.8) is 0 Å². The Morgan fingerprint density at radius 3 is 1.61 bits per heavy atom. The van der Waals surface area contributed by atoms with Gasteiger partial charge < -0.3 is 25.7 Å². The van der Waals surface area contributed by atoms with Gasteiger partial charge in [-0.25, -0.2) is 0 Å². The second-order valence-corrected chi connectivity index (χ2v) is 7.74. The Balaban J connectivity index is -0.000000594. The number of ketones is 1. The highest BCUT2D eigenvalue weighted by Gasteiger charge is 2.05. The van der Waals surface area contributed by atoms with Crippen LogP contribution in [0.2, 0.25) is 0 Å². The molecule has 0 fully saturated rings. The highest BCUT2D eigenvalue weighted by atomic mass is 31.1. The van der Waals surface area contributed by atoms with Gasteiger partial charge in [-0.1, -0.05) is 57.2 Å². The molecular formula is C24H47N3O5P-. The van der Waals surface area contributed by atoms with E-state index >= 15 is 0 Å². The predicted octanol–water partition coefficient (Wildman–Crippen LogP) is 3.43. The van der Waals surface area contributed by atoms with E-state index in [1.54, 1.807) is 24.3 Å². The quantitative estimate of drug-likeness (QED) is 0.184. The van der Waals surface area contributed by atoms with Crippen LogP contribution in [-0.4, -0.2) is 44.9 Å². The van der Waals surface area contributed by atoms with E-state index in [-0.39, 0.29) is 28.0 Å². The van der Waals surface area contributed by atoms with Crippen LogP contribution in [0.4, 0.5) is 0 Å². The van der Waals surface area contributed by atoms with E-state index in [0.717, 1.165) is 32.5 Å². The molecule has 0 aliphatic heterocycles. The van der Waals surface area contributed by atoms with Gasteiger partial charge in [-0.3, -0.25) is 9.59 Å². The summed E-state index contributed by atoms with van der Waals surface area (Å²) in [6.07, 6.45) is 9.69. The van der Waals surface area contributed by atoms with Gasteiger partial charge in [0.05, 0.1) is 0 Å². The van der Waals surface area contributed by atoms with Crippen LogP contribution >= 0.6 is 8.25 Å².